The summed E-state index contributed by atoms with van der Waals surface area (Å²) in [5.74, 6) is 7.31. The number of nitrogens with one attached hydrogen (secondary N) is 2. The van der Waals surface area contributed by atoms with Crippen molar-refractivity contribution >= 4 is 22.8 Å². The van der Waals surface area contributed by atoms with Crippen LogP contribution in [0.25, 0.3) is 11.0 Å². The first kappa shape index (κ1) is 13.1. The molecule has 0 radical (unpaired) electrons. The fraction of sp³-hybridized carbons (Fsp3) is 0.583. The van der Waals surface area contributed by atoms with Crippen LogP contribution in [0.3, 0.4) is 0 Å². The summed E-state index contributed by atoms with van der Waals surface area (Å²) in [6, 6.07) is 0.515. The Kier molecular flexibility index (Phi) is 3.19. The van der Waals surface area contributed by atoms with Crippen molar-refractivity contribution in [2.75, 3.05) is 37.5 Å². The number of hydrogen-bond acceptors (Lipinski definition) is 7. The quantitative estimate of drug-likeness (QED) is 0.537. The van der Waals surface area contributed by atoms with Crippen LogP contribution in [0.4, 0.5) is 11.8 Å². The van der Waals surface area contributed by atoms with Gasteiger partial charge in [-0.1, -0.05) is 6.92 Å². The van der Waals surface area contributed by atoms with Crippen LogP contribution >= 0.6 is 0 Å². The number of nitrogens with two attached hydrogens (primary N) is 1. The number of fused-ring (bicyclic) bond motifs is 1. The molecule has 0 aliphatic carbocycles. The fourth-order valence-electron chi connectivity index (χ4n) is 2.92. The molecule has 0 aromatic carbocycles. The van der Waals surface area contributed by atoms with Crippen molar-refractivity contribution < 1.29 is 0 Å². The molecule has 0 saturated carbocycles. The number of hydrazine groups is 1. The average molecular weight is 276 g/mol. The van der Waals surface area contributed by atoms with E-state index < -0.39 is 0 Å². The van der Waals surface area contributed by atoms with Gasteiger partial charge in [0.2, 0.25) is 5.95 Å². The second-order valence-electron chi connectivity index (χ2n) is 5.56. The molecular formula is C12H20N8. The largest absolute Gasteiger partial charge is 0.354 e. The molecular weight excluding hydrogens is 256 g/mol. The number of anilines is 2. The van der Waals surface area contributed by atoms with Gasteiger partial charge in [-0.2, -0.15) is 15.1 Å². The van der Waals surface area contributed by atoms with Crippen LogP contribution < -0.4 is 16.2 Å². The lowest BCUT2D eigenvalue weighted by atomic mass is 10.1. The van der Waals surface area contributed by atoms with Gasteiger partial charge in [0, 0.05) is 19.1 Å². The Morgan fingerprint density at radius 2 is 2.20 bits per heavy atom. The van der Waals surface area contributed by atoms with Gasteiger partial charge in [-0.25, -0.2) is 5.84 Å². The van der Waals surface area contributed by atoms with Crippen LogP contribution in [-0.2, 0) is 0 Å². The van der Waals surface area contributed by atoms with Crippen molar-refractivity contribution in [2.24, 2.45) is 11.8 Å². The highest BCUT2D eigenvalue weighted by molar-refractivity contribution is 5.87. The van der Waals surface area contributed by atoms with E-state index in [9.17, 15) is 0 Å². The first-order valence-corrected chi connectivity index (χ1v) is 6.69. The average Bonchev–Trinajstić information content (AvgIpc) is 3.03. The lowest BCUT2D eigenvalue weighted by molar-refractivity contribution is 0.266. The lowest BCUT2D eigenvalue weighted by Crippen LogP contribution is -2.34. The predicted octanol–water partition coefficient (Wildman–Crippen LogP) is 0.0248. The first-order chi connectivity index (χ1) is 9.60. The molecule has 4 N–H and O–H groups in total. The predicted molar refractivity (Wildman–Crippen MR) is 78.3 cm³/mol. The summed E-state index contributed by atoms with van der Waals surface area (Å²) in [5.41, 5.74) is 3.21. The molecule has 0 bridgehead atoms. The molecule has 1 aliphatic rings. The van der Waals surface area contributed by atoms with E-state index in [1.165, 1.54) is 0 Å². The topological polar surface area (TPSA) is 99.0 Å². The molecule has 0 spiro atoms. The summed E-state index contributed by atoms with van der Waals surface area (Å²) in [4.78, 5) is 13.3. The molecule has 2 unspecified atom stereocenters. The maximum absolute atomic E-state index is 5.44. The van der Waals surface area contributed by atoms with Crippen molar-refractivity contribution in [2.45, 2.75) is 13.0 Å². The van der Waals surface area contributed by atoms with Gasteiger partial charge >= 0.3 is 0 Å². The standard InChI is InChI=1S/C12H20N8/c1-7-5-20(6-9(7)19(2)3)11-8-4-14-18-10(8)15-12(16-11)17-13/h4,7,9H,5-6,13H2,1-3H3,(H2,14,15,16,17,18). The van der Waals surface area contributed by atoms with Gasteiger partial charge in [0.1, 0.15) is 5.82 Å². The highest BCUT2D eigenvalue weighted by Gasteiger charge is 2.32. The number of rotatable bonds is 3. The van der Waals surface area contributed by atoms with Crippen LogP contribution in [-0.4, -0.2) is 58.3 Å². The number of aromatic amines is 1. The van der Waals surface area contributed by atoms with Gasteiger partial charge in [-0.05, 0) is 20.0 Å². The number of H-pyrrole nitrogens is 1. The number of nitrogens with zero attached hydrogens (tertiary/aromatic N) is 5. The minimum absolute atomic E-state index is 0.401. The van der Waals surface area contributed by atoms with Crippen molar-refractivity contribution in [3.63, 3.8) is 0 Å². The molecule has 0 amide bonds. The third-order valence-electron chi connectivity index (χ3n) is 3.95. The second kappa shape index (κ2) is 4.88. The van der Waals surface area contributed by atoms with Gasteiger partial charge in [-0.3, -0.25) is 10.5 Å². The molecule has 8 nitrogen and oxygen atoms in total. The highest BCUT2D eigenvalue weighted by atomic mass is 15.3. The third kappa shape index (κ3) is 2.06. The van der Waals surface area contributed by atoms with E-state index >= 15 is 0 Å². The smallest absolute Gasteiger partial charge is 0.241 e. The monoisotopic (exact) mass is 276 g/mol. The zero-order valence-corrected chi connectivity index (χ0v) is 12.0. The van der Waals surface area contributed by atoms with E-state index in [1.807, 2.05) is 0 Å². The number of nitrogen functional groups attached to an aromatic ring is 1. The molecule has 1 aliphatic heterocycles. The summed E-state index contributed by atoms with van der Waals surface area (Å²) < 4.78 is 0. The number of hydrogen-bond donors (Lipinski definition) is 3. The van der Waals surface area contributed by atoms with Crippen LogP contribution in [0.5, 0.6) is 0 Å². The summed E-state index contributed by atoms with van der Waals surface area (Å²) in [6.45, 7) is 4.17. The molecule has 2 atom stereocenters. The van der Waals surface area contributed by atoms with E-state index in [2.05, 4.69) is 56.4 Å². The van der Waals surface area contributed by atoms with E-state index in [0.717, 1.165) is 24.3 Å². The minimum atomic E-state index is 0.401. The van der Waals surface area contributed by atoms with Gasteiger partial charge in [0.15, 0.2) is 5.65 Å². The Morgan fingerprint density at radius 1 is 1.40 bits per heavy atom. The molecule has 8 heteroatoms. The number of aromatic nitrogens is 4. The maximum atomic E-state index is 5.44. The molecule has 1 fully saturated rings. The summed E-state index contributed by atoms with van der Waals surface area (Å²) >= 11 is 0. The van der Waals surface area contributed by atoms with Gasteiger partial charge in [0.05, 0.1) is 11.6 Å². The Morgan fingerprint density at radius 3 is 2.85 bits per heavy atom. The van der Waals surface area contributed by atoms with Gasteiger partial charge in [0.25, 0.3) is 0 Å². The zero-order valence-electron chi connectivity index (χ0n) is 12.0. The Labute approximate surface area is 117 Å². The minimum Gasteiger partial charge on any atom is -0.354 e. The SMILES string of the molecule is CC1CN(c2nc(NN)nc3[nH]ncc23)CC1N(C)C. The Hall–Kier alpha value is -1.93. The second-order valence-corrected chi connectivity index (χ2v) is 5.56. The first-order valence-electron chi connectivity index (χ1n) is 6.69. The van der Waals surface area contributed by atoms with Crippen molar-refractivity contribution in [3.05, 3.63) is 6.20 Å². The third-order valence-corrected chi connectivity index (χ3v) is 3.95. The van der Waals surface area contributed by atoms with Crippen molar-refractivity contribution in [1.29, 1.82) is 0 Å². The molecule has 2 aromatic rings. The summed E-state index contributed by atoms with van der Waals surface area (Å²) in [7, 11) is 4.23. The van der Waals surface area contributed by atoms with Crippen LogP contribution in [0, 0.1) is 5.92 Å². The van der Waals surface area contributed by atoms with Gasteiger partial charge < -0.3 is 9.80 Å². The molecule has 3 rings (SSSR count). The molecule has 2 aromatic heterocycles. The number of likely N-dealkylation sites (N-methyl/N-ethyl adjacent to an activating group) is 1. The van der Waals surface area contributed by atoms with E-state index in [-0.39, 0.29) is 0 Å². The molecule has 20 heavy (non-hydrogen) atoms. The summed E-state index contributed by atoms with van der Waals surface area (Å²) in [6.07, 6.45) is 1.76. The Balaban J connectivity index is 2.00. The van der Waals surface area contributed by atoms with E-state index in [0.29, 0.717) is 23.6 Å². The zero-order chi connectivity index (χ0) is 14.3. The fourth-order valence-corrected chi connectivity index (χ4v) is 2.92. The normalized spacial score (nSPS) is 22.9. The molecule has 108 valence electrons. The summed E-state index contributed by atoms with van der Waals surface area (Å²) in [5, 5.41) is 7.84. The Bertz CT molecular complexity index is 607. The maximum Gasteiger partial charge on any atom is 0.241 e. The van der Waals surface area contributed by atoms with Crippen LogP contribution in [0.1, 0.15) is 6.92 Å². The van der Waals surface area contributed by atoms with E-state index in [1.54, 1.807) is 6.20 Å². The molecule has 1 saturated heterocycles. The lowest BCUT2D eigenvalue weighted by Gasteiger charge is -2.22. The van der Waals surface area contributed by atoms with E-state index in [4.69, 9.17) is 5.84 Å². The van der Waals surface area contributed by atoms with Gasteiger partial charge in [-0.15, -0.1) is 0 Å². The van der Waals surface area contributed by atoms with Crippen molar-refractivity contribution in [3.8, 4) is 0 Å². The van der Waals surface area contributed by atoms with Crippen LogP contribution in [0.15, 0.2) is 6.20 Å². The van der Waals surface area contributed by atoms with Crippen LogP contribution in [0.2, 0.25) is 0 Å². The highest BCUT2D eigenvalue weighted by Crippen LogP contribution is 2.29. The van der Waals surface area contributed by atoms with Crippen molar-refractivity contribution in [1.82, 2.24) is 25.1 Å². The molecule has 3 heterocycles.